The van der Waals surface area contributed by atoms with Crippen LogP contribution < -0.4 is 0 Å². The number of rotatable bonds is 2. The third-order valence-corrected chi connectivity index (χ3v) is 2.57. The number of carboxylic acid groups (broad SMARTS) is 1. The number of hydrogen-bond acceptors (Lipinski definition) is 3. The Bertz CT molecular complexity index is 548. The zero-order chi connectivity index (χ0) is 11.7. The molecule has 0 unspecified atom stereocenters. The molecule has 0 saturated carbocycles. The molecule has 82 valence electrons. The van der Waals surface area contributed by atoms with Gasteiger partial charge in [-0.05, 0) is 47.1 Å². The molecular formula is C11H8BrNO3. The van der Waals surface area contributed by atoms with Crippen LogP contribution in [-0.2, 0) is 0 Å². The number of pyridine rings is 1. The lowest BCUT2D eigenvalue weighted by Crippen LogP contribution is -2.01. The van der Waals surface area contributed by atoms with Crippen LogP contribution in [0.4, 0.5) is 0 Å². The first-order chi connectivity index (χ1) is 7.58. The fourth-order valence-corrected chi connectivity index (χ4v) is 1.68. The fourth-order valence-electron chi connectivity index (χ4n) is 1.38. The molecule has 16 heavy (non-hydrogen) atoms. The lowest BCUT2D eigenvalue weighted by atomic mass is 10.1. The van der Waals surface area contributed by atoms with E-state index in [1.165, 1.54) is 6.07 Å². The third kappa shape index (κ3) is 1.99. The number of aromatic carboxylic acids is 1. The number of nitrogens with zero attached hydrogens (tertiary/aromatic N) is 1. The molecule has 0 aromatic carbocycles. The van der Waals surface area contributed by atoms with Gasteiger partial charge in [0.1, 0.15) is 5.69 Å². The number of furan rings is 1. The second-order valence-electron chi connectivity index (χ2n) is 3.24. The van der Waals surface area contributed by atoms with E-state index in [0.717, 1.165) is 0 Å². The minimum atomic E-state index is -0.975. The molecule has 2 aromatic rings. The third-order valence-electron chi connectivity index (χ3n) is 2.14. The van der Waals surface area contributed by atoms with E-state index in [1.807, 2.05) is 0 Å². The molecule has 4 nitrogen and oxygen atoms in total. The van der Waals surface area contributed by atoms with Gasteiger partial charge in [0, 0.05) is 0 Å². The van der Waals surface area contributed by atoms with Crippen LogP contribution in [0.5, 0.6) is 0 Å². The van der Waals surface area contributed by atoms with Gasteiger partial charge in [0.05, 0.1) is 11.3 Å². The molecule has 5 heteroatoms. The van der Waals surface area contributed by atoms with E-state index in [2.05, 4.69) is 20.9 Å². The first-order valence-corrected chi connectivity index (χ1v) is 5.34. The zero-order valence-corrected chi connectivity index (χ0v) is 9.98. The summed E-state index contributed by atoms with van der Waals surface area (Å²) in [6.07, 6.45) is 0. The van der Waals surface area contributed by atoms with Gasteiger partial charge in [-0.15, -0.1) is 0 Å². The van der Waals surface area contributed by atoms with Crippen molar-refractivity contribution in [1.82, 2.24) is 4.98 Å². The molecule has 0 atom stereocenters. The summed E-state index contributed by atoms with van der Waals surface area (Å²) in [5, 5.41) is 8.86. The van der Waals surface area contributed by atoms with Gasteiger partial charge in [-0.3, -0.25) is 0 Å². The SMILES string of the molecule is Cc1nc(-c2ccc(Br)o2)ccc1C(=O)O. The molecule has 0 aliphatic rings. The number of aryl methyl sites for hydroxylation is 1. The molecule has 0 radical (unpaired) electrons. The maximum Gasteiger partial charge on any atom is 0.337 e. The van der Waals surface area contributed by atoms with Crippen LogP contribution in [0.1, 0.15) is 16.1 Å². The Hall–Kier alpha value is -1.62. The molecule has 0 aliphatic carbocycles. The summed E-state index contributed by atoms with van der Waals surface area (Å²) in [6, 6.07) is 6.68. The molecule has 0 amide bonds. The van der Waals surface area contributed by atoms with Gasteiger partial charge in [0.2, 0.25) is 0 Å². The van der Waals surface area contributed by atoms with Gasteiger partial charge in [0.25, 0.3) is 0 Å². The quantitative estimate of drug-likeness (QED) is 0.919. The van der Waals surface area contributed by atoms with Crippen LogP contribution in [0, 0.1) is 6.92 Å². The number of halogens is 1. The van der Waals surface area contributed by atoms with Gasteiger partial charge in [0.15, 0.2) is 10.4 Å². The first kappa shape index (κ1) is 10.9. The highest BCUT2D eigenvalue weighted by atomic mass is 79.9. The molecule has 0 aliphatic heterocycles. The summed E-state index contributed by atoms with van der Waals surface area (Å²) < 4.78 is 5.95. The molecule has 0 bridgehead atoms. The normalized spacial score (nSPS) is 10.4. The topological polar surface area (TPSA) is 63.3 Å². The molecule has 0 spiro atoms. The lowest BCUT2D eigenvalue weighted by Gasteiger charge is -2.01. The molecule has 1 N–H and O–H groups in total. The molecule has 0 fully saturated rings. The minimum absolute atomic E-state index is 0.203. The molecule has 0 saturated heterocycles. The number of carbonyl (C=O) groups is 1. The molecule has 2 heterocycles. The first-order valence-electron chi connectivity index (χ1n) is 4.54. The van der Waals surface area contributed by atoms with Crippen LogP contribution in [0.15, 0.2) is 33.4 Å². The summed E-state index contributed by atoms with van der Waals surface area (Å²) in [4.78, 5) is 15.0. The van der Waals surface area contributed by atoms with Crippen molar-refractivity contribution in [2.75, 3.05) is 0 Å². The molecule has 2 aromatic heterocycles. The summed E-state index contributed by atoms with van der Waals surface area (Å²) in [5.41, 5.74) is 1.29. The zero-order valence-electron chi connectivity index (χ0n) is 8.40. The van der Waals surface area contributed by atoms with E-state index in [9.17, 15) is 4.79 Å². The monoisotopic (exact) mass is 281 g/mol. The highest BCUT2D eigenvalue weighted by Gasteiger charge is 2.11. The Kier molecular flexibility index (Phi) is 2.78. The standard InChI is InChI=1S/C11H8BrNO3/c1-6-7(11(14)15)2-3-8(13-6)9-4-5-10(12)16-9/h2-5H,1H3,(H,14,15). The van der Waals surface area contributed by atoms with Crippen molar-refractivity contribution in [3.8, 4) is 11.5 Å². The number of aromatic nitrogens is 1. The van der Waals surface area contributed by atoms with Crippen molar-refractivity contribution in [2.24, 2.45) is 0 Å². The highest BCUT2D eigenvalue weighted by Crippen LogP contribution is 2.24. The summed E-state index contributed by atoms with van der Waals surface area (Å²) in [6.45, 7) is 1.66. The van der Waals surface area contributed by atoms with Crippen LogP contribution >= 0.6 is 15.9 Å². The summed E-state index contributed by atoms with van der Waals surface area (Å²) >= 11 is 3.20. The van der Waals surface area contributed by atoms with Gasteiger partial charge in [-0.2, -0.15) is 0 Å². The van der Waals surface area contributed by atoms with Gasteiger partial charge in [-0.25, -0.2) is 9.78 Å². The van der Waals surface area contributed by atoms with E-state index < -0.39 is 5.97 Å². The number of carboxylic acids is 1. The van der Waals surface area contributed by atoms with Crippen molar-refractivity contribution in [2.45, 2.75) is 6.92 Å². The lowest BCUT2D eigenvalue weighted by molar-refractivity contribution is 0.0695. The average Bonchev–Trinajstić information content (AvgIpc) is 2.64. The van der Waals surface area contributed by atoms with Crippen molar-refractivity contribution in [3.63, 3.8) is 0 Å². The van der Waals surface area contributed by atoms with Crippen LogP contribution in [-0.4, -0.2) is 16.1 Å². The van der Waals surface area contributed by atoms with Gasteiger partial charge < -0.3 is 9.52 Å². The second kappa shape index (κ2) is 4.09. The van der Waals surface area contributed by atoms with E-state index in [-0.39, 0.29) is 5.56 Å². The van der Waals surface area contributed by atoms with E-state index in [1.54, 1.807) is 25.1 Å². The molecular weight excluding hydrogens is 274 g/mol. The van der Waals surface area contributed by atoms with Crippen molar-refractivity contribution in [3.05, 3.63) is 40.2 Å². The minimum Gasteiger partial charge on any atom is -0.478 e. The summed E-state index contributed by atoms with van der Waals surface area (Å²) in [5.74, 6) is -0.371. The maximum absolute atomic E-state index is 10.8. The van der Waals surface area contributed by atoms with E-state index >= 15 is 0 Å². The highest BCUT2D eigenvalue weighted by molar-refractivity contribution is 9.10. The average molecular weight is 282 g/mol. The Morgan fingerprint density at radius 2 is 2.12 bits per heavy atom. The Morgan fingerprint density at radius 3 is 2.62 bits per heavy atom. The fraction of sp³-hybridized carbons (Fsp3) is 0.0909. The predicted molar refractivity (Wildman–Crippen MR) is 61.3 cm³/mol. The Morgan fingerprint density at radius 1 is 1.38 bits per heavy atom. The smallest absolute Gasteiger partial charge is 0.337 e. The Labute approximate surface area is 100 Å². The second-order valence-corrected chi connectivity index (χ2v) is 4.02. The van der Waals surface area contributed by atoms with Crippen LogP contribution in [0.2, 0.25) is 0 Å². The van der Waals surface area contributed by atoms with Crippen molar-refractivity contribution in [1.29, 1.82) is 0 Å². The number of hydrogen-bond donors (Lipinski definition) is 1. The van der Waals surface area contributed by atoms with Crippen molar-refractivity contribution >= 4 is 21.9 Å². The van der Waals surface area contributed by atoms with Crippen LogP contribution in [0.25, 0.3) is 11.5 Å². The maximum atomic E-state index is 10.8. The van der Waals surface area contributed by atoms with E-state index in [0.29, 0.717) is 21.8 Å². The largest absolute Gasteiger partial charge is 0.478 e. The summed E-state index contributed by atoms with van der Waals surface area (Å²) in [7, 11) is 0. The Balaban J connectivity index is 2.45. The van der Waals surface area contributed by atoms with Gasteiger partial charge in [-0.1, -0.05) is 0 Å². The molecule has 2 rings (SSSR count). The van der Waals surface area contributed by atoms with E-state index in [4.69, 9.17) is 9.52 Å². The van der Waals surface area contributed by atoms with Gasteiger partial charge >= 0.3 is 5.97 Å². The predicted octanol–water partition coefficient (Wildman–Crippen LogP) is 3.11. The van der Waals surface area contributed by atoms with Crippen LogP contribution in [0.3, 0.4) is 0 Å². The van der Waals surface area contributed by atoms with Crippen molar-refractivity contribution < 1.29 is 14.3 Å².